The summed E-state index contributed by atoms with van der Waals surface area (Å²) in [5.41, 5.74) is 2.36. The summed E-state index contributed by atoms with van der Waals surface area (Å²) in [6.45, 7) is 4.32. The van der Waals surface area contributed by atoms with E-state index in [2.05, 4.69) is 9.88 Å². The number of benzene rings is 3. The molecule has 0 bridgehead atoms. The first kappa shape index (κ1) is 23.2. The molecule has 0 atom stereocenters. The zero-order valence-corrected chi connectivity index (χ0v) is 19.5. The maximum atomic E-state index is 11.4. The number of hydrogen-bond acceptors (Lipinski definition) is 6. The van der Waals surface area contributed by atoms with Gasteiger partial charge >= 0.3 is 5.97 Å². The third-order valence-corrected chi connectivity index (χ3v) is 5.54. The van der Waals surface area contributed by atoms with Gasteiger partial charge in [0.2, 0.25) is 0 Å². The Morgan fingerprint density at radius 3 is 2.47 bits per heavy atom. The molecule has 34 heavy (non-hydrogen) atoms. The average Bonchev–Trinajstić information content (AvgIpc) is 3.26. The summed E-state index contributed by atoms with van der Waals surface area (Å²) in [5.74, 6) is 0.311. The number of aliphatic carboxylic acids is 1. The predicted octanol–water partition coefficient (Wildman–Crippen LogP) is 5.33. The van der Waals surface area contributed by atoms with Crippen LogP contribution in [0.2, 0.25) is 0 Å². The third-order valence-electron chi connectivity index (χ3n) is 5.54. The molecule has 1 aromatic heterocycles. The Bertz CT molecular complexity index is 1230. The van der Waals surface area contributed by atoms with Crippen LogP contribution in [0.3, 0.4) is 0 Å². The molecule has 0 aliphatic heterocycles. The van der Waals surface area contributed by atoms with E-state index in [-0.39, 0.29) is 0 Å². The van der Waals surface area contributed by atoms with E-state index in [1.165, 1.54) is 13.8 Å². The Morgan fingerprint density at radius 1 is 1.00 bits per heavy atom. The third kappa shape index (κ3) is 5.49. The van der Waals surface area contributed by atoms with E-state index >= 15 is 0 Å². The highest BCUT2D eigenvalue weighted by molar-refractivity contribution is 5.76. The minimum Gasteiger partial charge on any atom is -0.497 e. The molecule has 0 saturated carbocycles. The molecular formula is C27H28N2O5. The number of anilines is 1. The monoisotopic (exact) mass is 460 g/mol. The van der Waals surface area contributed by atoms with Crippen molar-refractivity contribution in [2.75, 3.05) is 18.6 Å². The van der Waals surface area contributed by atoms with Crippen LogP contribution in [0.5, 0.6) is 11.5 Å². The van der Waals surface area contributed by atoms with Gasteiger partial charge in [0, 0.05) is 13.1 Å². The fourth-order valence-corrected chi connectivity index (χ4v) is 3.56. The SMILES string of the molecule is COc1ccc(CN(CCc2cccc(OC(C)(C)C(=O)O)c2)c2nc3ccccc3o2)cc1. The smallest absolute Gasteiger partial charge is 0.347 e. The highest BCUT2D eigenvalue weighted by Gasteiger charge is 2.29. The van der Waals surface area contributed by atoms with Gasteiger partial charge in [-0.2, -0.15) is 4.98 Å². The van der Waals surface area contributed by atoms with Crippen LogP contribution in [0.4, 0.5) is 6.01 Å². The number of ether oxygens (including phenoxy) is 2. The molecule has 176 valence electrons. The molecule has 7 nitrogen and oxygen atoms in total. The van der Waals surface area contributed by atoms with Crippen molar-refractivity contribution in [2.45, 2.75) is 32.4 Å². The average molecular weight is 461 g/mol. The zero-order chi connectivity index (χ0) is 24.1. The lowest BCUT2D eigenvalue weighted by atomic mass is 10.1. The second kappa shape index (κ2) is 9.87. The van der Waals surface area contributed by atoms with Gasteiger partial charge in [-0.1, -0.05) is 36.4 Å². The number of carboxylic acid groups (broad SMARTS) is 1. The van der Waals surface area contributed by atoms with Crippen molar-refractivity contribution >= 4 is 23.1 Å². The minimum absolute atomic E-state index is 0.522. The van der Waals surface area contributed by atoms with Gasteiger partial charge in [-0.25, -0.2) is 4.79 Å². The number of nitrogens with zero attached hydrogens (tertiary/aromatic N) is 2. The number of aromatic nitrogens is 1. The van der Waals surface area contributed by atoms with Crippen molar-refractivity contribution in [3.05, 3.63) is 83.9 Å². The van der Waals surface area contributed by atoms with E-state index in [1.54, 1.807) is 13.2 Å². The largest absolute Gasteiger partial charge is 0.497 e. The highest BCUT2D eigenvalue weighted by Crippen LogP contribution is 2.25. The van der Waals surface area contributed by atoms with Crippen molar-refractivity contribution in [1.82, 2.24) is 4.98 Å². The molecule has 7 heteroatoms. The van der Waals surface area contributed by atoms with E-state index in [9.17, 15) is 9.90 Å². The van der Waals surface area contributed by atoms with E-state index < -0.39 is 11.6 Å². The van der Waals surface area contributed by atoms with Crippen LogP contribution < -0.4 is 14.4 Å². The predicted molar refractivity (Wildman–Crippen MR) is 131 cm³/mol. The maximum Gasteiger partial charge on any atom is 0.347 e. The highest BCUT2D eigenvalue weighted by atomic mass is 16.5. The Morgan fingerprint density at radius 2 is 1.76 bits per heavy atom. The molecule has 4 aromatic rings. The van der Waals surface area contributed by atoms with Crippen LogP contribution in [0.25, 0.3) is 11.1 Å². The summed E-state index contributed by atoms with van der Waals surface area (Å²) in [6.07, 6.45) is 0.694. The summed E-state index contributed by atoms with van der Waals surface area (Å²) < 4.78 is 17.0. The Kier molecular flexibility index (Phi) is 6.72. The van der Waals surface area contributed by atoms with E-state index in [1.807, 2.05) is 66.7 Å². The Balaban J connectivity index is 1.54. The van der Waals surface area contributed by atoms with Crippen LogP contribution in [0.15, 0.2) is 77.2 Å². The number of oxazole rings is 1. The van der Waals surface area contributed by atoms with Gasteiger partial charge in [0.1, 0.15) is 17.0 Å². The summed E-state index contributed by atoms with van der Waals surface area (Å²) in [7, 11) is 1.65. The molecule has 0 spiro atoms. The molecule has 0 fully saturated rings. The van der Waals surface area contributed by atoms with Crippen LogP contribution in [0, 0.1) is 0 Å². The van der Waals surface area contributed by atoms with Gasteiger partial charge in [0.25, 0.3) is 6.01 Å². The molecule has 3 aromatic carbocycles. The van der Waals surface area contributed by atoms with E-state index in [0.717, 1.165) is 28.0 Å². The lowest BCUT2D eigenvalue weighted by molar-refractivity contribution is -0.152. The lowest BCUT2D eigenvalue weighted by Gasteiger charge is -2.23. The molecule has 0 radical (unpaired) electrons. The van der Waals surface area contributed by atoms with E-state index in [4.69, 9.17) is 13.9 Å². The summed E-state index contributed by atoms with van der Waals surface area (Å²) in [5, 5.41) is 9.35. The lowest BCUT2D eigenvalue weighted by Crippen LogP contribution is -2.37. The first-order valence-corrected chi connectivity index (χ1v) is 11.1. The van der Waals surface area contributed by atoms with Crippen molar-refractivity contribution < 1.29 is 23.8 Å². The minimum atomic E-state index is -1.31. The Labute approximate surface area is 198 Å². The van der Waals surface area contributed by atoms with Gasteiger partial charge < -0.3 is 23.9 Å². The van der Waals surface area contributed by atoms with Gasteiger partial charge in [0.15, 0.2) is 11.2 Å². The number of hydrogen-bond donors (Lipinski definition) is 1. The normalized spacial score (nSPS) is 11.4. The number of rotatable bonds is 10. The van der Waals surface area contributed by atoms with Gasteiger partial charge in [-0.15, -0.1) is 0 Å². The summed E-state index contributed by atoms with van der Waals surface area (Å²) in [4.78, 5) is 18.2. The molecule has 0 saturated heterocycles. The Hall–Kier alpha value is -4.00. The van der Waals surface area contributed by atoms with Crippen LogP contribution in [0.1, 0.15) is 25.0 Å². The van der Waals surface area contributed by atoms with Crippen LogP contribution >= 0.6 is 0 Å². The molecule has 0 aliphatic carbocycles. The van der Waals surface area contributed by atoms with E-state index in [0.29, 0.717) is 31.3 Å². The summed E-state index contributed by atoms with van der Waals surface area (Å²) in [6, 6.07) is 23.7. The number of para-hydroxylation sites is 2. The molecule has 1 heterocycles. The van der Waals surface area contributed by atoms with Crippen molar-refractivity contribution in [3.8, 4) is 11.5 Å². The molecule has 0 aliphatic rings. The van der Waals surface area contributed by atoms with Crippen molar-refractivity contribution in [3.63, 3.8) is 0 Å². The number of carboxylic acids is 1. The zero-order valence-electron chi connectivity index (χ0n) is 19.5. The second-order valence-corrected chi connectivity index (χ2v) is 8.55. The first-order valence-electron chi connectivity index (χ1n) is 11.1. The molecule has 4 rings (SSSR count). The second-order valence-electron chi connectivity index (χ2n) is 8.55. The number of methoxy groups -OCH3 is 1. The quantitative estimate of drug-likeness (QED) is 0.342. The van der Waals surface area contributed by atoms with Gasteiger partial charge in [0.05, 0.1) is 7.11 Å². The summed E-state index contributed by atoms with van der Waals surface area (Å²) >= 11 is 0. The molecule has 0 unspecified atom stereocenters. The van der Waals surface area contributed by atoms with Gasteiger partial charge in [-0.05, 0) is 67.8 Å². The molecule has 1 N–H and O–H groups in total. The fourth-order valence-electron chi connectivity index (χ4n) is 3.56. The maximum absolute atomic E-state index is 11.4. The number of carbonyl (C=O) groups is 1. The van der Waals surface area contributed by atoms with Crippen LogP contribution in [-0.2, 0) is 17.8 Å². The van der Waals surface area contributed by atoms with Crippen LogP contribution in [-0.4, -0.2) is 35.3 Å². The van der Waals surface area contributed by atoms with Gasteiger partial charge in [-0.3, -0.25) is 0 Å². The fraction of sp³-hybridized carbons (Fsp3) is 0.259. The van der Waals surface area contributed by atoms with Crippen molar-refractivity contribution in [1.29, 1.82) is 0 Å². The van der Waals surface area contributed by atoms with Crippen molar-refractivity contribution in [2.24, 2.45) is 0 Å². The topological polar surface area (TPSA) is 85.0 Å². The molecule has 0 amide bonds. The number of fused-ring (bicyclic) bond motifs is 1. The standard InChI is InChI=1S/C27H28N2O5/c1-27(2,25(30)31)34-22-8-6-7-19(17-22)15-16-29(18-20-11-13-21(32-3)14-12-20)26-28-23-9-4-5-10-24(23)33-26/h4-14,17H,15-16,18H2,1-3H3,(H,30,31). The first-order chi connectivity index (χ1) is 16.3. The molecular weight excluding hydrogens is 432 g/mol.